The molecule has 1 saturated heterocycles. The van der Waals surface area contributed by atoms with E-state index in [1.165, 1.54) is 11.8 Å². The summed E-state index contributed by atoms with van der Waals surface area (Å²) in [6.45, 7) is 7.02. The second-order valence-corrected chi connectivity index (χ2v) is 6.52. The molecule has 1 N–H and O–H groups in total. The van der Waals surface area contributed by atoms with E-state index < -0.39 is 0 Å². The van der Waals surface area contributed by atoms with Gasteiger partial charge in [-0.3, -0.25) is 19.5 Å². The summed E-state index contributed by atoms with van der Waals surface area (Å²) in [6.07, 6.45) is 0.180. The molecule has 1 heterocycles. The monoisotopic (exact) mass is 333 g/mol. The third-order valence-corrected chi connectivity index (χ3v) is 4.89. The Bertz CT molecular complexity index is 589. The summed E-state index contributed by atoms with van der Waals surface area (Å²) in [5.74, 6) is -0.131. The van der Waals surface area contributed by atoms with Crippen LogP contribution in [-0.2, 0) is 9.59 Å². The van der Waals surface area contributed by atoms with E-state index in [4.69, 9.17) is 0 Å². The lowest BCUT2D eigenvalue weighted by Gasteiger charge is -2.16. The first kappa shape index (κ1) is 17.5. The molecule has 1 aromatic rings. The molecule has 1 fully saturated rings. The van der Waals surface area contributed by atoms with Gasteiger partial charge in [-0.05, 0) is 26.3 Å². The molecule has 0 aromatic heterocycles. The fourth-order valence-electron chi connectivity index (χ4n) is 2.48. The number of carbonyl (C=O) groups is 2. The minimum Gasteiger partial charge on any atom is -0.350 e. The summed E-state index contributed by atoms with van der Waals surface area (Å²) in [7, 11) is 0. The highest BCUT2D eigenvalue weighted by molar-refractivity contribution is 8.15. The Kier molecular flexibility index (Phi) is 6.21. The molecule has 0 saturated carbocycles. The molecule has 6 heteroatoms. The number of hydrogen-bond donors (Lipinski definition) is 1. The number of rotatable bonds is 6. The predicted octanol–water partition coefficient (Wildman–Crippen LogP) is 2.59. The van der Waals surface area contributed by atoms with Crippen molar-refractivity contribution < 1.29 is 9.59 Å². The fourth-order valence-corrected chi connectivity index (χ4v) is 3.75. The van der Waals surface area contributed by atoms with Crippen LogP contribution in [-0.4, -0.2) is 40.2 Å². The number of nitrogens with zero attached hydrogens (tertiary/aromatic N) is 2. The normalized spacial score (nSPS) is 20.8. The first-order chi connectivity index (χ1) is 11.1. The van der Waals surface area contributed by atoms with Crippen molar-refractivity contribution >= 4 is 28.7 Å². The molecule has 0 bridgehead atoms. The van der Waals surface area contributed by atoms with E-state index >= 15 is 0 Å². The van der Waals surface area contributed by atoms with E-state index in [1.54, 1.807) is 4.90 Å². The van der Waals surface area contributed by atoms with Crippen LogP contribution in [0.3, 0.4) is 0 Å². The smallest absolute Gasteiger partial charge is 0.242 e. The molecule has 1 aliphatic rings. The summed E-state index contributed by atoms with van der Waals surface area (Å²) < 4.78 is 0. The number of amidine groups is 1. The maximum absolute atomic E-state index is 12.4. The second kappa shape index (κ2) is 8.15. The average molecular weight is 333 g/mol. The minimum absolute atomic E-state index is 0.0211. The number of thioether (sulfide) groups is 1. The summed E-state index contributed by atoms with van der Waals surface area (Å²) in [4.78, 5) is 30.6. The third kappa shape index (κ3) is 4.34. The number of benzene rings is 1. The van der Waals surface area contributed by atoms with Crippen LogP contribution >= 0.6 is 11.8 Å². The molecule has 2 atom stereocenters. The average Bonchev–Trinajstić information content (AvgIpc) is 2.83. The van der Waals surface area contributed by atoms with E-state index in [2.05, 4.69) is 10.3 Å². The highest BCUT2D eigenvalue weighted by Crippen LogP contribution is 2.29. The van der Waals surface area contributed by atoms with E-state index in [0.717, 1.165) is 10.7 Å². The lowest BCUT2D eigenvalue weighted by atomic mass is 10.1. The number of amides is 2. The highest BCUT2D eigenvalue weighted by atomic mass is 32.2. The van der Waals surface area contributed by atoms with Gasteiger partial charge >= 0.3 is 0 Å². The van der Waals surface area contributed by atoms with Crippen LogP contribution in [0.15, 0.2) is 35.3 Å². The van der Waals surface area contributed by atoms with Gasteiger partial charge in [0.2, 0.25) is 11.8 Å². The van der Waals surface area contributed by atoms with Gasteiger partial charge in [0.25, 0.3) is 0 Å². The molecule has 124 valence electrons. The molecule has 0 radical (unpaired) electrons. The van der Waals surface area contributed by atoms with Crippen LogP contribution in [0.2, 0.25) is 0 Å². The zero-order valence-electron chi connectivity index (χ0n) is 13.8. The molecular formula is C17H23N3O2S. The molecule has 23 heavy (non-hydrogen) atoms. The largest absolute Gasteiger partial charge is 0.350 e. The van der Waals surface area contributed by atoms with Crippen LogP contribution in [0.1, 0.15) is 38.8 Å². The minimum atomic E-state index is -0.372. The standard InChI is InChI=1S/C17H23N3O2S/c1-4-18-17-20(5-2)16(22)14(23-17)11-15(21)19-12(3)13-9-7-6-8-10-13/h6-10,12,14H,4-5,11H2,1-3H3,(H,19,21)/t12-,14+/m1/s1. The summed E-state index contributed by atoms with van der Waals surface area (Å²) in [6, 6.07) is 9.72. The molecule has 5 nitrogen and oxygen atoms in total. The topological polar surface area (TPSA) is 61.8 Å². The lowest BCUT2D eigenvalue weighted by molar-refractivity contribution is -0.129. The van der Waals surface area contributed by atoms with Gasteiger partial charge in [0.05, 0.1) is 6.04 Å². The lowest BCUT2D eigenvalue weighted by Crippen LogP contribution is -2.35. The molecule has 1 aromatic carbocycles. The van der Waals surface area contributed by atoms with Crippen molar-refractivity contribution in [1.82, 2.24) is 10.2 Å². The molecular weight excluding hydrogens is 310 g/mol. The van der Waals surface area contributed by atoms with Crippen LogP contribution in [0.4, 0.5) is 0 Å². The van der Waals surface area contributed by atoms with Gasteiger partial charge in [-0.2, -0.15) is 0 Å². The van der Waals surface area contributed by atoms with Gasteiger partial charge in [0.1, 0.15) is 5.25 Å². The Labute approximate surface area is 141 Å². The molecule has 0 unspecified atom stereocenters. The van der Waals surface area contributed by atoms with E-state index in [1.807, 2.05) is 51.1 Å². The SMILES string of the molecule is CCN=C1S[C@@H](CC(=O)N[C@H](C)c2ccccc2)C(=O)N1CC. The van der Waals surface area contributed by atoms with Crippen molar-refractivity contribution in [3.63, 3.8) is 0 Å². The Morgan fingerprint density at radius 3 is 2.65 bits per heavy atom. The van der Waals surface area contributed by atoms with Crippen molar-refractivity contribution in [2.45, 2.75) is 38.5 Å². The molecule has 2 amide bonds. The number of hydrogen-bond acceptors (Lipinski definition) is 4. The van der Waals surface area contributed by atoms with Crippen molar-refractivity contribution in [3.8, 4) is 0 Å². The Morgan fingerprint density at radius 2 is 2.04 bits per heavy atom. The Morgan fingerprint density at radius 1 is 1.35 bits per heavy atom. The van der Waals surface area contributed by atoms with Crippen LogP contribution in [0.25, 0.3) is 0 Å². The maximum Gasteiger partial charge on any atom is 0.242 e. The highest BCUT2D eigenvalue weighted by Gasteiger charge is 2.38. The van der Waals surface area contributed by atoms with E-state index in [9.17, 15) is 9.59 Å². The first-order valence-electron chi connectivity index (χ1n) is 7.93. The molecule has 0 spiro atoms. The van der Waals surface area contributed by atoms with Crippen LogP contribution in [0.5, 0.6) is 0 Å². The van der Waals surface area contributed by atoms with Crippen LogP contribution < -0.4 is 5.32 Å². The zero-order chi connectivity index (χ0) is 16.8. The quantitative estimate of drug-likeness (QED) is 0.870. The second-order valence-electron chi connectivity index (χ2n) is 5.35. The van der Waals surface area contributed by atoms with Crippen molar-refractivity contribution in [2.75, 3.05) is 13.1 Å². The maximum atomic E-state index is 12.4. The van der Waals surface area contributed by atoms with Crippen molar-refractivity contribution in [1.29, 1.82) is 0 Å². The first-order valence-corrected chi connectivity index (χ1v) is 8.81. The van der Waals surface area contributed by atoms with Gasteiger partial charge in [-0.1, -0.05) is 42.1 Å². The summed E-state index contributed by atoms with van der Waals surface area (Å²) in [5.41, 5.74) is 1.05. The third-order valence-electron chi connectivity index (χ3n) is 3.68. The van der Waals surface area contributed by atoms with Gasteiger partial charge in [-0.15, -0.1) is 0 Å². The fraction of sp³-hybridized carbons (Fsp3) is 0.471. The van der Waals surface area contributed by atoms with E-state index in [0.29, 0.717) is 13.1 Å². The van der Waals surface area contributed by atoms with Gasteiger partial charge in [0.15, 0.2) is 5.17 Å². The van der Waals surface area contributed by atoms with E-state index in [-0.39, 0.29) is 29.5 Å². The van der Waals surface area contributed by atoms with Gasteiger partial charge in [-0.25, -0.2) is 0 Å². The summed E-state index contributed by atoms with van der Waals surface area (Å²) >= 11 is 1.39. The molecule has 0 aliphatic carbocycles. The van der Waals surface area contributed by atoms with Crippen molar-refractivity contribution in [2.24, 2.45) is 4.99 Å². The van der Waals surface area contributed by atoms with Gasteiger partial charge < -0.3 is 5.32 Å². The number of aliphatic imine (C=N–C) groups is 1. The predicted molar refractivity (Wildman–Crippen MR) is 94.4 cm³/mol. The van der Waals surface area contributed by atoms with Crippen LogP contribution in [0, 0.1) is 0 Å². The Balaban J connectivity index is 1.95. The zero-order valence-corrected chi connectivity index (χ0v) is 14.6. The number of carbonyl (C=O) groups excluding carboxylic acids is 2. The number of nitrogens with one attached hydrogen (secondary N) is 1. The van der Waals surface area contributed by atoms with Crippen molar-refractivity contribution in [3.05, 3.63) is 35.9 Å². The molecule has 2 rings (SSSR count). The van der Waals surface area contributed by atoms with Gasteiger partial charge in [0, 0.05) is 19.5 Å². The molecule has 1 aliphatic heterocycles. The Hall–Kier alpha value is -1.82. The summed E-state index contributed by atoms with van der Waals surface area (Å²) in [5, 5.41) is 3.32.